The number of amidine groups is 1. The lowest BCUT2D eigenvalue weighted by molar-refractivity contribution is 0.316. The lowest BCUT2D eigenvalue weighted by Gasteiger charge is -2.07. The van der Waals surface area contributed by atoms with Gasteiger partial charge in [0.1, 0.15) is 0 Å². The van der Waals surface area contributed by atoms with E-state index in [4.69, 9.17) is 15.7 Å². The molecule has 14 heavy (non-hydrogen) atoms. The highest BCUT2D eigenvalue weighted by Gasteiger charge is 2.05. The number of benzene rings is 1. The second kappa shape index (κ2) is 4.36. The minimum absolute atomic E-state index is 0.0223. The summed E-state index contributed by atoms with van der Waals surface area (Å²) in [6.07, 6.45) is 0. The Morgan fingerprint density at radius 1 is 1.57 bits per heavy atom. The second-order valence-electron chi connectivity index (χ2n) is 2.60. The van der Waals surface area contributed by atoms with Crippen LogP contribution in [0.15, 0.2) is 23.4 Å². The van der Waals surface area contributed by atoms with Crippen molar-refractivity contribution < 1.29 is 15.1 Å². The summed E-state index contributed by atoms with van der Waals surface area (Å²) < 4.78 is 5.13. The van der Waals surface area contributed by atoms with Crippen LogP contribution in [0.25, 0.3) is 0 Å². The number of nitrogens with two attached hydrogens (primary N) is 1. The summed E-state index contributed by atoms with van der Waals surface area (Å²) in [5.74, 6) is 0.323. The number of hydrogen-bond donors (Lipinski definition) is 3. The van der Waals surface area contributed by atoms with E-state index < -0.39 is 0 Å². The molecule has 0 heterocycles. The summed E-state index contributed by atoms with van der Waals surface area (Å²) in [5.41, 5.74) is 5.87. The van der Waals surface area contributed by atoms with E-state index in [9.17, 15) is 5.11 Å². The van der Waals surface area contributed by atoms with Gasteiger partial charge in [-0.2, -0.15) is 0 Å². The molecule has 0 aliphatic carbocycles. The molecule has 5 nitrogen and oxygen atoms in total. The first kappa shape index (κ1) is 10.2. The Balaban J connectivity index is 3.06. The summed E-state index contributed by atoms with van der Waals surface area (Å²) >= 11 is 0. The Hall–Kier alpha value is -1.91. The van der Waals surface area contributed by atoms with Gasteiger partial charge in [-0.3, -0.25) is 0 Å². The monoisotopic (exact) mass is 196 g/mol. The summed E-state index contributed by atoms with van der Waals surface area (Å²) in [6, 6.07) is 4.47. The van der Waals surface area contributed by atoms with Gasteiger partial charge >= 0.3 is 0 Å². The first-order valence-corrected chi connectivity index (χ1v) is 4.12. The fourth-order valence-corrected chi connectivity index (χ4v) is 1.00. The minimum atomic E-state index is -0.0223. The van der Waals surface area contributed by atoms with Gasteiger partial charge in [-0.25, -0.2) is 0 Å². The summed E-state index contributed by atoms with van der Waals surface area (Å²) in [4.78, 5) is 0. The Labute approximate surface area is 81.4 Å². The van der Waals surface area contributed by atoms with Crippen LogP contribution in [-0.4, -0.2) is 22.8 Å². The van der Waals surface area contributed by atoms with Crippen LogP contribution in [0.5, 0.6) is 11.5 Å². The average Bonchev–Trinajstić information content (AvgIpc) is 2.20. The lowest BCUT2D eigenvalue weighted by Crippen LogP contribution is -2.13. The molecule has 1 rings (SSSR count). The van der Waals surface area contributed by atoms with Gasteiger partial charge in [0.05, 0.1) is 6.61 Å². The zero-order chi connectivity index (χ0) is 10.6. The third-order valence-electron chi connectivity index (χ3n) is 1.66. The van der Waals surface area contributed by atoms with E-state index in [1.54, 1.807) is 6.92 Å². The number of rotatable bonds is 3. The average molecular weight is 196 g/mol. The molecule has 0 saturated heterocycles. The first-order valence-electron chi connectivity index (χ1n) is 4.12. The van der Waals surface area contributed by atoms with Crippen molar-refractivity contribution in [2.24, 2.45) is 10.9 Å². The molecule has 1 aromatic carbocycles. The number of phenolic OH excluding ortho intramolecular Hbond substituents is 1. The van der Waals surface area contributed by atoms with Crippen LogP contribution < -0.4 is 10.5 Å². The largest absolute Gasteiger partial charge is 0.504 e. The molecule has 0 aromatic heterocycles. The first-order chi connectivity index (χ1) is 6.69. The van der Waals surface area contributed by atoms with Gasteiger partial charge in [-0.1, -0.05) is 5.16 Å². The standard InChI is InChI=1S/C9H12N2O3/c1-2-14-8-5-6(9(10)11-13)3-4-7(8)12/h3-5,12-13H,2H2,1H3,(H2,10,11). The van der Waals surface area contributed by atoms with Crippen molar-refractivity contribution in [3.8, 4) is 11.5 Å². The van der Waals surface area contributed by atoms with Crippen LogP contribution in [-0.2, 0) is 0 Å². The highest BCUT2D eigenvalue weighted by molar-refractivity contribution is 5.97. The van der Waals surface area contributed by atoms with E-state index in [0.717, 1.165) is 0 Å². The maximum Gasteiger partial charge on any atom is 0.170 e. The lowest BCUT2D eigenvalue weighted by atomic mass is 10.2. The van der Waals surface area contributed by atoms with Gasteiger partial charge in [0.15, 0.2) is 17.3 Å². The Bertz CT molecular complexity index is 350. The number of hydrogen-bond acceptors (Lipinski definition) is 4. The van der Waals surface area contributed by atoms with Crippen molar-refractivity contribution >= 4 is 5.84 Å². The maximum absolute atomic E-state index is 9.35. The molecule has 4 N–H and O–H groups in total. The van der Waals surface area contributed by atoms with E-state index in [1.165, 1.54) is 18.2 Å². The fraction of sp³-hybridized carbons (Fsp3) is 0.222. The van der Waals surface area contributed by atoms with Crippen molar-refractivity contribution in [3.63, 3.8) is 0 Å². The zero-order valence-corrected chi connectivity index (χ0v) is 7.77. The molecular formula is C9H12N2O3. The molecule has 0 spiro atoms. The molecule has 0 aliphatic heterocycles. The zero-order valence-electron chi connectivity index (χ0n) is 7.77. The molecule has 76 valence electrons. The van der Waals surface area contributed by atoms with Crippen LogP contribution >= 0.6 is 0 Å². The topological polar surface area (TPSA) is 88.1 Å². The van der Waals surface area contributed by atoms with E-state index in [1.807, 2.05) is 0 Å². The summed E-state index contributed by atoms with van der Waals surface area (Å²) in [6.45, 7) is 2.24. The molecule has 0 amide bonds. The van der Waals surface area contributed by atoms with E-state index in [0.29, 0.717) is 17.9 Å². The third-order valence-corrected chi connectivity index (χ3v) is 1.66. The quantitative estimate of drug-likeness (QED) is 0.290. The molecule has 0 aliphatic rings. The van der Waals surface area contributed by atoms with Crippen LogP contribution in [0.1, 0.15) is 12.5 Å². The predicted octanol–water partition coefficient (Wildman–Crippen LogP) is 0.885. The molecule has 0 atom stereocenters. The number of ether oxygens (including phenoxy) is 1. The molecule has 0 bridgehead atoms. The Morgan fingerprint density at radius 2 is 2.29 bits per heavy atom. The van der Waals surface area contributed by atoms with Gasteiger partial charge in [-0.05, 0) is 25.1 Å². The third kappa shape index (κ3) is 2.07. The maximum atomic E-state index is 9.35. The van der Waals surface area contributed by atoms with Gasteiger partial charge < -0.3 is 20.8 Å². The van der Waals surface area contributed by atoms with Gasteiger partial charge in [0, 0.05) is 5.56 Å². The molecule has 5 heteroatoms. The Morgan fingerprint density at radius 3 is 2.86 bits per heavy atom. The van der Waals surface area contributed by atoms with Gasteiger partial charge in [-0.15, -0.1) is 0 Å². The van der Waals surface area contributed by atoms with Crippen molar-refractivity contribution in [2.75, 3.05) is 6.61 Å². The SMILES string of the molecule is CCOc1cc(C(N)=NO)ccc1O. The fourth-order valence-electron chi connectivity index (χ4n) is 1.00. The van der Waals surface area contributed by atoms with Gasteiger partial charge in [0.25, 0.3) is 0 Å². The highest BCUT2D eigenvalue weighted by Crippen LogP contribution is 2.26. The van der Waals surface area contributed by atoms with Crippen molar-refractivity contribution in [1.82, 2.24) is 0 Å². The second-order valence-corrected chi connectivity index (χ2v) is 2.60. The number of aromatic hydroxyl groups is 1. The molecule has 0 radical (unpaired) electrons. The Kier molecular flexibility index (Phi) is 3.17. The van der Waals surface area contributed by atoms with Gasteiger partial charge in [0.2, 0.25) is 0 Å². The number of nitrogens with zero attached hydrogens (tertiary/aromatic N) is 1. The van der Waals surface area contributed by atoms with E-state index in [-0.39, 0.29) is 11.6 Å². The summed E-state index contributed by atoms with van der Waals surface area (Å²) in [5, 5.41) is 20.6. The molecule has 0 unspecified atom stereocenters. The molecule has 0 fully saturated rings. The summed E-state index contributed by atoms with van der Waals surface area (Å²) in [7, 11) is 0. The number of oxime groups is 1. The normalized spacial score (nSPS) is 11.4. The smallest absolute Gasteiger partial charge is 0.170 e. The van der Waals surface area contributed by atoms with Crippen molar-refractivity contribution in [2.45, 2.75) is 6.92 Å². The van der Waals surface area contributed by atoms with Crippen LogP contribution in [0.2, 0.25) is 0 Å². The molecular weight excluding hydrogens is 184 g/mol. The van der Waals surface area contributed by atoms with Crippen molar-refractivity contribution in [1.29, 1.82) is 0 Å². The highest BCUT2D eigenvalue weighted by atomic mass is 16.5. The van der Waals surface area contributed by atoms with E-state index in [2.05, 4.69) is 5.16 Å². The van der Waals surface area contributed by atoms with E-state index >= 15 is 0 Å². The van der Waals surface area contributed by atoms with Crippen molar-refractivity contribution in [3.05, 3.63) is 23.8 Å². The predicted molar refractivity (Wildman–Crippen MR) is 51.8 cm³/mol. The van der Waals surface area contributed by atoms with Crippen LogP contribution in [0.3, 0.4) is 0 Å². The van der Waals surface area contributed by atoms with Crippen LogP contribution in [0.4, 0.5) is 0 Å². The molecule has 1 aromatic rings. The number of phenols is 1. The van der Waals surface area contributed by atoms with Crippen LogP contribution in [0, 0.1) is 0 Å². The minimum Gasteiger partial charge on any atom is -0.504 e. The molecule has 0 saturated carbocycles.